The van der Waals surface area contributed by atoms with Gasteiger partial charge < -0.3 is 20.5 Å². The molecule has 2 aromatic rings. The van der Waals surface area contributed by atoms with Crippen LogP contribution in [0.2, 0.25) is 0 Å². The number of rotatable bonds is 11. The summed E-state index contributed by atoms with van der Waals surface area (Å²) in [5.74, 6) is -2.17. The van der Waals surface area contributed by atoms with Gasteiger partial charge in [-0.25, -0.2) is 26.8 Å². The van der Waals surface area contributed by atoms with Crippen LogP contribution in [0.4, 0.5) is 0 Å². The zero-order valence-electron chi connectivity index (χ0n) is 25.3. The van der Waals surface area contributed by atoms with Crippen LogP contribution >= 0.6 is 0 Å². The van der Waals surface area contributed by atoms with Gasteiger partial charge in [-0.15, -0.1) is 0 Å². The number of nitrogens with zero attached hydrogens (tertiary/aromatic N) is 6. The summed E-state index contributed by atoms with van der Waals surface area (Å²) < 4.78 is 54.4. The molecule has 0 bridgehead atoms. The van der Waals surface area contributed by atoms with E-state index in [9.17, 15) is 36.8 Å². The van der Waals surface area contributed by atoms with Crippen molar-refractivity contribution in [3.63, 3.8) is 0 Å². The van der Waals surface area contributed by atoms with Gasteiger partial charge in [0.1, 0.15) is 0 Å². The number of hydrogen-bond acceptors (Lipinski definition) is 10. The van der Waals surface area contributed by atoms with Gasteiger partial charge in [-0.3, -0.25) is 9.59 Å². The summed E-state index contributed by atoms with van der Waals surface area (Å²) in [4.78, 5) is 33.9. The maximum Gasteiger partial charge on any atom is 0.260 e. The van der Waals surface area contributed by atoms with Crippen LogP contribution < -0.4 is 0 Å². The molecule has 16 heteroatoms. The van der Waals surface area contributed by atoms with E-state index in [1.165, 1.54) is 33.1 Å². The molecule has 2 aliphatic heterocycles. The van der Waals surface area contributed by atoms with Crippen LogP contribution in [0, 0.1) is 16.3 Å². The van der Waals surface area contributed by atoms with E-state index in [1.807, 2.05) is 0 Å². The molecule has 2 saturated heterocycles. The Morgan fingerprint density at radius 3 is 1.73 bits per heavy atom. The first-order chi connectivity index (χ1) is 21.5. The van der Waals surface area contributed by atoms with Crippen molar-refractivity contribution >= 4 is 31.9 Å². The third-order valence-corrected chi connectivity index (χ3v) is 12.1. The van der Waals surface area contributed by atoms with Crippen LogP contribution in [0.25, 0.3) is 0 Å². The summed E-state index contributed by atoms with van der Waals surface area (Å²) in [6, 6.07) is 7.82. The topological polar surface area (TPSA) is 187 Å². The normalized spacial score (nSPS) is 21.3. The minimum Gasteiger partial charge on any atom is -0.756 e. The number of carbonyl (C=O) groups excluding carboxylic acids is 2. The summed E-state index contributed by atoms with van der Waals surface area (Å²) in [6.45, 7) is 2.27. The number of amides is 2. The van der Waals surface area contributed by atoms with Gasteiger partial charge in [-0.1, -0.05) is 19.1 Å². The van der Waals surface area contributed by atoms with E-state index in [1.54, 1.807) is 31.2 Å². The van der Waals surface area contributed by atoms with E-state index >= 15 is 0 Å². The van der Waals surface area contributed by atoms with Crippen LogP contribution in [0.15, 0.2) is 58.8 Å². The molecule has 2 unspecified atom stereocenters. The lowest BCUT2D eigenvalue weighted by Crippen LogP contribution is -2.41. The summed E-state index contributed by atoms with van der Waals surface area (Å²) in [5, 5.41) is 26.8. The predicted octanol–water partition coefficient (Wildman–Crippen LogP) is 2.72. The molecule has 0 saturated carbocycles. The number of carbonyl (C=O) groups is 2. The largest absolute Gasteiger partial charge is 0.756 e. The highest BCUT2D eigenvalue weighted by atomic mass is 32.2. The molecule has 0 aromatic carbocycles. The van der Waals surface area contributed by atoms with Crippen molar-refractivity contribution in [1.29, 1.82) is 0 Å². The maximum absolute atomic E-state index is 13.2. The smallest absolute Gasteiger partial charge is 0.260 e. The van der Waals surface area contributed by atoms with Crippen molar-refractivity contribution in [2.45, 2.75) is 86.8 Å². The average molecular weight is 665 g/mol. The highest BCUT2D eigenvalue weighted by molar-refractivity contribution is 7.89. The van der Waals surface area contributed by atoms with E-state index in [0.717, 1.165) is 0 Å². The number of pyridine rings is 2. The van der Waals surface area contributed by atoms with E-state index in [4.69, 9.17) is 0 Å². The van der Waals surface area contributed by atoms with Crippen molar-refractivity contribution in [1.82, 2.24) is 28.7 Å². The second kappa shape index (κ2) is 15.5. The minimum absolute atomic E-state index is 0.0193. The quantitative estimate of drug-likeness (QED) is 0.323. The summed E-state index contributed by atoms with van der Waals surface area (Å²) >= 11 is 0. The number of aromatic nitrogens is 2. The highest BCUT2D eigenvalue weighted by Gasteiger charge is 2.32. The van der Waals surface area contributed by atoms with Crippen LogP contribution in [0.1, 0.15) is 64.7 Å². The Morgan fingerprint density at radius 2 is 1.29 bits per heavy atom. The van der Waals surface area contributed by atoms with Gasteiger partial charge in [0.2, 0.25) is 11.8 Å². The van der Waals surface area contributed by atoms with Crippen molar-refractivity contribution in [2.24, 2.45) is 5.92 Å². The predicted molar refractivity (Wildman–Crippen MR) is 165 cm³/mol. The SMILES string of the molecule is CC[C@@H](CCC(=O)N([O-])C1CCCN(S(=O)(=O)c2ccccn2)CC1)C(=O)N([O-])C1CCCN(S(=O)(=O)c2ccccn2)CC1. The average Bonchev–Trinajstić information content (AvgIpc) is 3.47. The number of hydrogen-bond donors (Lipinski definition) is 0. The second-order valence-corrected chi connectivity index (χ2v) is 15.1. The van der Waals surface area contributed by atoms with Crippen LogP contribution in [0.5, 0.6) is 0 Å². The first kappa shape index (κ1) is 34.8. The standard InChI is InChI=1S/C29H40N6O8S2/c1-2-23(29(37)35(39)25-10-8-20-33(22-16-25)45(42,43)27-12-4-6-18-31-27)13-14-28(36)34(38)24-9-7-19-32(21-15-24)44(40,41)26-11-3-5-17-30-26/h3-6,11-12,17-18,23-25H,2,7-10,13-16,19-22H2,1H3/q-2/t23-,24?,25?/m0/s1. The Bertz CT molecular complexity index is 1500. The van der Waals surface area contributed by atoms with Gasteiger partial charge in [0.05, 0.1) is 0 Å². The van der Waals surface area contributed by atoms with Gasteiger partial charge in [-0.05, 0) is 75.6 Å². The van der Waals surface area contributed by atoms with Crippen molar-refractivity contribution in [2.75, 3.05) is 26.2 Å². The molecule has 2 aliphatic rings. The van der Waals surface area contributed by atoms with Gasteiger partial charge in [-0.2, -0.15) is 8.61 Å². The lowest BCUT2D eigenvalue weighted by atomic mass is 9.97. The monoisotopic (exact) mass is 664 g/mol. The second-order valence-electron chi connectivity index (χ2n) is 11.3. The molecule has 45 heavy (non-hydrogen) atoms. The summed E-state index contributed by atoms with van der Waals surface area (Å²) in [7, 11) is -7.65. The molecule has 4 rings (SSSR count). The molecule has 0 N–H and O–H groups in total. The van der Waals surface area contributed by atoms with Crippen molar-refractivity contribution < 1.29 is 26.4 Å². The molecule has 0 radical (unpaired) electrons. The highest BCUT2D eigenvalue weighted by Crippen LogP contribution is 2.26. The Kier molecular flexibility index (Phi) is 12.0. The molecular weight excluding hydrogens is 624 g/mol. The maximum atomic E-state index is 13.2. The molecule has 0 aliphatic carbocycles. The van der Waals surface area contributed by atoms with Crippen molar-refractivity contribution in [3.05, 3.63) is 59.2 Å². The molecular formula is C29H40N6O8S2-2. The lowest BCUT2D eigenvalue weighted by Gasteiger charge is -2.40. The van der Waals surface area contributed by atoms with E-state index in [-0.39, 0.29) is 61.9 Å². The first-order valence-corrected chi connectivity index (χ1v) is 18.2. The van der Waals surface area contributed by atoms with Crippen molar-refractivity contribution in [3.8, 4) is 0 Å². The Morgan fingerprint density at radius 1 is 0.800 bits per heavy atom. The third kappa shape index (κ3) is 8.42. The summed E-state index contributed by atoms with van der Waals surface area (Å²) in [5.41, 5.74) is 0. The number of sulfonamides is 2. The zero-order valence-corrected chi connectivity index (χ0v) is 26.9. The van der Waals surface area contributed by atoms with Gasteiger partial charge in [0.25, 0.3) is 20.0 Å². The fourth-order valence-corrected chi connectivity index (χ4v) is 8.64. The van der Waals surface area contributed by atoms with Crippen LogP contribution in [-0.2, 0) is 29.6 Å². The number of hydroxylamine groups is 4. The zero-order chi connectivity index (χ0) is 32.6. The lowest BCUT2D eigenvalue weighted by molar-refractivity contribution is -0.136. The Labute approximate surface area is 264 Å². The van der Waals surface area contributed by atoms with Gasteiger partial charge in [0.15, 0.2) is 10.1 Å². The molecule has 4 heterocycles. The van der Waals surface area contributed by atoms with Crippen LogP contribution in [-0.4, -0.2) is 95.6 Å². The summed E-state index contributed by atoms with van der Waals surface area (Å²) in [6.07, 6.45) is 4.67. The Hall–Kier alpha value is -3.02. The third-order valence-electron chi connectivity index (χ3n) is 8.47. The molecule has 0 spiro atoms. The fraction of sp³-hybridized carbons (Fsp3) is 0.586. The molecule has 2 aromatic heterocycles. The van der Waals surface area contributed by atoms with E-state index < -0.39 is 49.9 Å². The van der Waals surface area contributed by atoms with Gasteiger partial charge in [0, 0.05) is 63.0 Å². The Balaban J connectivity index is 1.28. The molecule has 14 nitrogen and oxygen atoms in total. The molecule has 248 valence electrons. The fourth-order valence-electron chi connectivity index (χ4n) is 5.79. The van der Waals surface area contributed by atoms with Crippen LogP contribution in [0.3, 0.4) is 0 Å². The van der Waals surface area contributed by atoms with Gasteiger partial charge >= 0.3 is 0 Å². The van der Waals surface area contributed by atoms with E-state index in [2.05, 4.69) is 9.97 Å². The van der Waals surface area contributed by atoms with E-state index in [0.29, 0.717) is 42.2 Å². The first-order valence-electron chi connectivity index (χ1n) is 15.3. The molecule has 2 fully saturated rings. The minimum atomic E-state index is -3.83. The molecule has 2 amide bonds. The molecule has 3 atom stereocenters.